The first-order chi connectivity index (χ1) is 10.8. The molecule has 0 radical (unpaired) electrons. The van der Waals surface area contributed by atoms with Crippen molar-refractivity contribution in [2.75, 3.05) is 0 Å². The van der Waals surface area contributed by atoms with Gasteiger partial charge < -0.3 is 15.2 Å². The van der Waals surface area contributed by atoms with Crippen LogP contribution in [-0.4, -0.2) is 26.8 Å². The fraction of sp³-hybridized carbons (Fsp3) is 0.353. The van der Waals surface area contributed by atoms with E-state index in [9.17, 15) is 9.90 Å². The van der Waals surface area contributed by atoms with Crippen LogP contribution in [0.25, 0.3) is 11.3 Å². The topological polar surface area (TPSA) is 84.3 Å². The lowest BCUT2D eigenvalue weighted by molar-refractivity contribution is 0.0523. The average molecular weight is 315 g/mol. The Bertz CT molecular complexity index is 708. The fourth-order valence-electron chi connectivity index (χ4n) is 2.07. The van der Waals surface area contributed by atoms with Crippen LogP contribution in [0, 0.1) is 6.92 Å². The Hall–Kier alpha value is -2.63. The quantitative estimate of drug-likeness (QED) is 0.908. The lowest BCUT2D eigenvalue weighted by Crippen LogP contribution is -2.32. The fourth-order valence-corrected chi connectivity index (χ4v) is 2.07. The van der Waals surface area contributed by atoms with E-state index in [1.54, 1.807) is 0 Å². The first-order valence-corrected chi connectivity index (χ1v) is 7.32. The number of nitrogens with one attached hydrogen (secondary N) is 1. The number of amides is 1. The largest absolute Gasteiger partial charge is 0.504 e. The highest BCUT2D eigenvalue weighted by Crippen LogP contribution is 2.27. The maximum Gasteiger partial charge on any atom is 0.407 e. The van der Waals surface area contributed by atoms with Crippen molar-refractivity contribution < 1.29 is 14.6 Å². The third-order valence-electron chi connectivity index (χ3n) is 3.13. The predicted octanol–water partition coefficient (Wildman–Crippen LogP) is 3.18. The Morgan fingerprint density at radius 1 is 1.35 bits per heavy atom. The molecule has 0 atom stereocenters. The van der Waals surface area contributed by atoms with E-state index in [4.69, 9.17) is 4.74 Å². The number of benzene rings is 1. The molecule has 0 fully saturated rings. The number of nitrogens with zero attached hydrogens (tertiary/aromatic N) is 2. The van der Waals surface area contributed by atoms with Gasteiger partial charge in [0.25, 0.3) is 0 Å². The van der Waals surface area contributed by atoms with Gasteiger partial charge in [0, 0.05) is 12.1 Å². The van der Waals surface area contributed by atoms with Gasteiger partial charge in [-0.25, -0.2) is 14.8 Å². The van der Waals surface area contributed by atoms with Crippen molar-refractivity contribution in [3.63, 3.8) is 0 Å². The zero-order valence-corrected chi connectivity index (χ0v) is 13.8. The monoisotopic (exact) mass is 315 g/mol. The summed E-state index contributed by atoms with van der Waals surface area (Å²) in [6, 6.07) is 5.65. The molecule has 1 aromatic heterocycles. The molecule has 23 heavy (non-hydrogen) atoms. The number of hydrogen-bond donors (Lipinski definition) is 2. The zero-order chi connectivity index (χ0) is 17.0. The van der Waals surface area contributed by atoms with Crippen LogP contribution in [0.4, 0.5) is 4.79 Å². The molecule has 0 saturated heterocycles. The molecule has 1 amide bonds. The van der Waals surface area contributed by atoms with Crippen molar-refractivity contribution in [2.24, 2.45) is 0 Å². The standard InChI is InChI=1S/C17H21N3O3/c1-11-7-12(15-14(21)9-18-10-20-15)5-6-13(11)8-19-16(22)23-17(2,3)4/h5-7,9-10,21H,8H2,1-4H3,(H,19,22). The first-order valence-electron chi connectivity index (χ1n) is 7.32. The van der Waals surface area contributed by atoms with Crippen molar-refractivity contribution in [3.8, 4) is 17.0 Å². The lowest BCUT2D eigenvalue weighted by atomic mass is 10.0. The van der Waals surface area contributed by atoms with Gasteiger partial charge in [0.1, 0.15) is 17.6 Å². The predicted molar refractivity (Wildman–Crippen MR) is 86.9 cm³/mol. The van der Waals surface area contributed by atoms with Gasteiger partial charge in [-0.3, -0.25) is 0 Å². The molecule has 2 aromatic rings. The number of rotatable bonds is 3. The molecule has 0 unspecified atom stereocenters. The number of aromatic nitrogens is 2. The van der Waals surface area contributed by atoms with Gasteiger partial charge in [0.2, 0.25) is 0 Å². The zero-order valence-electron chi connectivity index (χ0n) is 13.8. The first kappa shape index (κ1) is 16.7. The summed E-state index contributed by atoms with van der Waals surface area (Å²) in [7, 11) is 0. The molecule has 6 heteroatoms. The minimum Gasteiger partial charge on any atom is -0.504 e. The van der Waals surface area contributed by atoms with Gasteiger partial charge in [-0.05, 0) is 44.9 Å². The summed E-state index contributed by atoms with van der Waals surface area (Å²) in [5, 5.41) is 12.5. The smallest absolute Gasteiger partial charge is 0.407 e. The molecule has 0 bridgehead atoms. The molecule has 1 aromatic carbocycles. The van der Waals surface area contributed by atoms with Gasteiger partial charge in [-0.1, -0.05) is 12.1 Å². The minimum atomic E-state index is -0.520. The summed E-state index contributed by atoms with van der Waals surface area (Å²) >= 11 is 0. The number of carbonyl (C=O) groups excluding carboxylic acids is 1. The molecule has 0 aliphatic carbocycles. The van der Waals surface area contributed by atoms with Crippen molar-refractivity contribution in [1.29, 1.82) is 0 Å². The second-order valence-corrected chi connectivity index (χ2v) is 6.25. The van der Waals surface area contributed by atoms with E-state index in [1.807, 2.05) is 45.9 Å². The number of aromatic hydroxyl groups is 1. The molecule has 6 nitrogen and oxygen atoms in total. The number of carbonyl (C=O) groups is 1. The number of aryl methyl sites for hydroxylation is 1. The second kappa shape index (κ2) is 6.64. The Balaban J connectivity index is 2.09. The molecule has 0 aliphatic rings. The molecule has 122 valence electrons. The molecule has 0 saturated carbocycles. The summed E-state index contributed by atoms with van der Waals surface area (Å²) in [5.74, 6) is 0.0338. The van der Waals surface area contributed by atoms with Crippen molar-refractivity contribution in [3.05, 3.63) is 41.9 Å². The molecular weight excluding hydrogens is 294 g/mol. The van der Waals surface area contributed by atoms with Crippen molar-refractivity contribution in [2.45, 2.75) is 39.8 Å². The Morgan fingerprint density at radius 2 is 2.09 bits per heavy atom. The van der Waals surface area contributed by atoms with Crippen LogP contribution in [0.2, 0.25) is 0 Å². The van der Waals surface area contributed by atoms with Gasteiger partial charge in [0.05, 0.1) is 6.20 Å². The van der Waals surface area contributed by atoms with Gasteiger partial charge >= 0.3 is 6.09 Å². The Kier molecular flexibility index (Phi) is 4.83. The molecular formula is C17H21N3O3. The van der Waals surface area contributed by atoms with E-state index in [-0.39, 0.29) is 5.75 Å². The summed E-state index contributed by atoms with van der Waals surface area (Å²) < 4.78 is 5.21. The molecule has 1 heterocycles. The van der Waals surface area contributed by atoms with Crippen LogP contribution in [0.15, 0.2) is 30.7 Å². The Labute approximate surface area is 135 Å². The third-order valence-corrected chi connectivity index (χ3v) is 3.13. The molecule has 0 spiro atoms. The highest BCUT2D eigenvalue weighted by atomic mass is 16.6. The number of ether oxygens (including phenoxy) is 1. The van der Waals surface area contributed by atoms with Crippen LogP contribution < -0.4 is 5.32 Å². The summed E-state index contributed by atoms with van der Waals surface area (Å²) in [6.45, 7) is 7.77. The highest BCUT2D eigenvalue weighted by Gasteiger charge is 2.16. The van der Waals surface area contributed by atoms with E-state index in [1.165, 1.54) is 12.5 Å². The molecule has 0 aliphatic heterocycles. The maximum absolute atomic E-state index is 11.7. The van der Waals surface area contributed by atoms with Crippen LogP contribution in [0.1, 0.15) is 31.9 Å². The third kappa shape index (κ3) is 4.67. The van der Waals surface area contributed by atoms with Crippen LogP contribution >= 0.6 is 0 Å². The van der Waals surface area contributed by atoms with Gasteiger partial charge in [0.15, 0.2) is 5.75 Å². The minimum absolute atomic E-state index is 0.0338. The maximum atomic E-state index is 11.7. The van der Waals surface area contributed by atoms with Crippen molar-refractivity contribution in [1.82, 2.24) is 15.3 Å². The summed E-state index contributed by atoms with van der Waals surface area (Å²) in [6.07, 6.45) is 2.30. The SMILES string of the molecule is Cc1cc(-c2ncncc2O)ccc1CNC(=O)OC(C)(C)C. The average Bonchev–Trinajstić information content (AvgIpc) is 2.44. The van der Waals surface area contributed by atoms with Crippen LogP contribution in [0.5, 0.6) is 5.75 Å². The summed E-state index contributed by atoms with van der Waals surface area (Å²) in [5.41, 5.74) is 2.70. The number of hydrogen-bond acceptors (Lipinski definition) is 5. The van der Waals surface area contributed by atoms with Crippen molar-refractivity contribution >= 4 is 6.09 Å². The van der Waals surface area contributed by atoms with Gasteiger partial charge in [-0.2, -0.15) is 0 Å². The lowest BCUT2D eigenvalue weighted by Gasteiger charge is -2.20. The van der Waals surface area contributed by atoms with Crippen LogP contribution in [0.3, 0.4) is 0 Å². The summed E-state index contributed by atoms with van der Waals surface area (Å²) in [4.78, 5) is 19.5. The number of alkyl carbamates (subject to hydrolysis) is 1. The van der Waals surface area contributed by atoms with Crippen LogP contribution in [-0.2, 0) is 11.3 Å². The molecule has 2 rings (SSSR count). The Morgan fingerprint density at radius 3 is 2.70 bits per heavy atom. The molecule has 2 N–H and O–H groups in total. The van der Waals surface area contributed by atoms with Gasteiger partial charge in [-0.15, -0.1) is 0 Å². The second-order valence-electron chi connectivity index (χ2n) is 6.25. The van der Waals surface area contributed by atoms with E-state index in [0.717, 1.165) is 16.7 Å². The van der Waals surface area contributed by atoms with E-state index in [2.05, 4.69) is 15.3 Å². The highest BCUT2D eigenvalue weighted by molar-refractivity contribution is 5.68. The van der Waals surface area contributed by atoms with E-state index in [0.29, 0.717) is 12.2 Å². The van der Waals surface area contributed by atoms with E-state index >= 15 is 0 Å². The van der Waals surface area contributed by atoms with E-state index < -0.39 is 11.7 Å². The normalized spacial score (nSPS) is 11.1.